The van der Waals surface area contributed by atoms with Crippen molar-refractivity contribution in [1.82, 2.24) is 10.2 Å². The first-order valence-corrected chi connectivity index (χ1v) is 7.73. The molecule has 0 aliphatic carbocycles. The summed E-state index contributed by atoms with van der Waals surface area (Å²) in [6.45, 7) is 0.942. The van der Waals surface area contributed by atoms with E-state index in [-0.39, 0.29) is 6.61 Å². The third-order valence-electron chi connectivity index (χ3n) is 4.76. The first kappa shape index (κ1) is 15.9. The molecule has 8 heteroatoms. The quantitative estimate of drug-likeness (QED) is 0.481. The highest BCUT2D eigenvalue weighted by molar-refractivity contribution is 5.80. The molecule has 3 fully saturated rings. The third-order valence-corrected chi connectivity index (χ3v) is 4.76. The van der Waals surface area contributed by atoms with E-state index in [1.54, 1.807) is 7.05 Å². The molecular formula is C14H22F3N3O2. The Morgan fingerprint density at radius 2 is 1.91 bits per heavy atom. The van der Waals surface area contributed by atoms with Crippen LogP contribution in [0.4, 0.5) is 13.2 Å². The van der Waals surface area contributed by atoms with Crippen molar-refractivity contribution in [2.75, 3.05) is 39.9 Å². The van der Waals surface area contributed by atoms with E-state index in [4.69, 9.17) is 4.74 Å². The summed E-state index contributed by atoms with van der Waals surface area (Å²) in [6.07, 6.45) is -1.21. The maximum absolute atomic E-state index is 12.0. The Morgan fingerprint density at radius 1 is 1.27 bits per heavy atom. The van der Waals surface area contributed by atoms with Crippen LogP contribution in [0.1, 0.15) is 12.8 Å². The number of aliphatic imine (C=N–C) groups is 1. The van der Waals surface area contributed by atoms with Crippen molar-refractivity contribution < 1.29 is 22.6 Å². The number of nitrogens with zero attached hydrogens (tertiary/aromatic N) is 2. The van der Waals surface area contributed by atoms with Crippen LogP contribution in [-0.4, -0.2) is 69.1 Å². The van der Waals surface area contributed by atoms with Crippen LogP contribution < -0.4 is 5.32 Å². The van der Waals surface area contributed by atoms with Gasteiger partial charge in [0.15, 0.2) is 5.96 Å². The molecule has 4 unspecified atom stereocenters. The SMILES string of the molecule is CN=C(NCCOCC(F)(F)F)N1CC2C3CCC(O3)C2C1. The lowest BCUT2D eigenvalue weighted by Gasteiger charge is -2.23. The maximum Gasteiger partial charge on any atom is 0.411 e. The zero-order valence-electron chi connectivity index (χ0n) is 12.6. The van der Waals surface area contributed by atoms with Gasteiger partial charge in [0.2, 0.25) is 0 Å². The number of fused-ring (bicyclic) bond motifs is 5. The molecule has 3 aliphatic heterocycles. The summed E-state index contributed by atoms with van der Waals surface area (Å²) in [5.74, 6) is 1.88. The van der Waals surface area contributed by atoms with Gasteiger partial charge in [-0.1, -0.05) is 0 Å². The number of nitrogens with one attached hydrogen (secondary N) is 1. The number of guanidine groups is 1. The van der Waals surface area contributed by atoms with Crippen LogP contribution in [0.3, 0.4) is 0 Å². The molecule has 0 saturated carbocycles. The molecule has 126 valence electrons. The molecule has 2 bridgehead atoms. The molecule has 22 heavy (non-hydrogen) atoms. The van der Waals surface area contributed by atoms with E-state index < -0.39 is 12.8 Å². The molecular weight excluding hydrogens is 299 g/mol. The highest BCUT2D eigenvalue weighted by atomic mass is 19.4. The van der Waals surface area contributed by atoms with Gasteiger partial charge in [0.1, 0.15) is 6.61 Å². The Balaban J connectivity index is 1.42. The fraction of sp³-hybridized carbons (Fsp3) is 0.929. The van der Waals surface area contributed by atoms with Crippen molar-refractivity contribution in [3.8, 4) is 0 Å². The van der Waals surface area contributed by atoms with Gasteiger partial charge in [-0.25, -0.2) is 0 Å². The molecule has 1 N–H and O–H groups in total. The Hall–Kier alpha value is -1.02. The van der Waals surface area contributed by atoms with E-state index in [2.05, 4.69) is 19.9 Å². The van der Waals surface area contributed by atoms with Crippen molar-refractivity contribution in [2.24, 2.45) is 16.8 Å². The Bertz CT molecular complexity index is 412. The van der Waals surface area contributed by atoms with Crippen LogP contribution in [0, 0.1) is 11.8 Å². The first-order chi connectivity index (χ1) is 10.5. The minimum Gasteiger partial charge on any atom is -0.374 e. The van der Waals surface area contributed by atoms with Gasteiger partial charge in [0.05, 0.1) is 18.8 Å². The standard InChI is InChI=1S/C14H22F3N3O2/c1-18-13(19-4-5-21-8-14(15,16)17)20-6-9-10(7-20)12-3-2-11(9)22-12/h9-12H,2-8H2,1H3,(H,18,19). The van der Waals surface area contributed by atoms with Crippen LogP contribution in [-0.2, 0) is 9.47 Å². The summed E-state index contributed by atoms with van der Waals surface area (Å²) in [5, 5.41) is 3.08. The topological polar surface area (TPSA) is 46.1 Å². The second-order valence-electron chi connectivity index (χ2n) is 6.16. The van der Waals surface area contributed by atoms with Gasteiger partial charge in [-0.05, 0) is 12.8 Å². The molecule has 3 aliphatic rings. The number of alkyl halides is 3. The predicted octanol–water partition coefficient (Wildman–Crippen LogP) is 1.25. The lowest BCUT2D eigenvalue weighted by Crippen LogP contribution is -2.42. The van der Waals surface area contributed by atoms with E-state index in [9.17, 15) is 13.2 Å². The molecule has 0 radical (unpaired) electrons. The highest BCUT2D eigenvalue weighted by Gasteiger charge is 2.53. The van der Waals surface area contributed by atoms with Crippen LogP contribution >= 0.6 is 0 Å². The summed E-state index contributed by atoms with van der Waals surface area (Å²) < 4.78 is 46.5. The minimum absolute atomic E-state index is 0.00753. The van der Waals surface area contributed by atoms with Crippen LogP contribution in [0.25, 0.3) is 0 Å². The van der Waals surface area contributed by atoms with Crippen molar-refractivity contribution in [3.63, 3.8) is 0 Å². The average Bonchev–Trinajstić information content (AvgIpc) is 3.12. The molecule has 0 amide bonds. The Kier molecular flexibility index (Phi) is 4.49. The van der Waals surface area contributed by atoms with Gasteiger partial charge < -0.3 is 19.7 Å². The molecule has 0 aromatic carbocycles. The number of halogens is 3. The van der Waals surface area contributed by atoms with Gasteiger partial charge >= 0.3 is 6.18 Å². The number of likely N-dealkylation sites (tertiary alicyclic amines) is 1. The maximum atomic E-state index is 12.0. The Labute approximate surface area is 127 Å². The lowest BCUT2D eigenvalue weighted by atomic mass is 9.82. The van der Waals surface area contributed by atoms with Gasteiger partial charge in [-0.15, -0.1) is 0 Å². The smallest absolute Gasteiger partial charge is 0.374 e. The largest absolute Gasteiger partial charge is 0.411 e. The predicted molar refractivity (Wildman–Crippen MR) is 74.7 cm³/mol. The zero-order valence-corrected chi connectivity index (χ0v) is 12.6. The van der Waals surface area contributed by atoms with Crippen molar-refractivity contribution in [1.29, 1.82) is 0 Å². The van der Waals surface area contributed by atoms with Gasteiger partial charge in [-0.3, -0.25) is 4.99 Å². The lowest BCUT2D eigenvalue weighted by molar-refractivity contribution is -0.173. The molecule has 3 saturated heterocycles. The number of ether oxygens (including phenoxy) is 2. The average molecular weight is 321 g/mol. The minimum atomic E-state index is -4.27. The Morgan fingerprint density at radius 3 is 2.45 bits per heavy atom. The summed E-state index contributed by atoms with van der Waals surface area (Å²) >= 11 is 0. The summed E-state index contributed by atoms with van der Waals surface area (Å²) in [5.41, 5.74) is 0. The molecule has 0 aromatic rings. The van der Waals surface area contributed by atoms with Crippen molar-refractivity contribution >= 4 is 5.96 Å². The normalized spacial score (nSPS) is 34.4. The fourth-order valence-electron chi connectivity index (χ4n) is 3.89. The van der Waals surface area contributed by atoms with E-state index in [0.717, 1.165) is 31.9 Å². The molecule has 5 nitrogen and oxygen atoms in total. The van der Waals surface area contributed by atoms with Crippen molar-refractivity contribution in [2.45, 2.75) is 31.2 Å². The molecule has 0 aromatic heterocycles. The van der Waals surface area contributed by atoms with E-state index in [0.29, 0.717) is 30.6 Å². The fourth-order valence-corrected chi connectivity index (χ4v) is 3.89. The third kappa shape index (κ3) is 3.32. The summed E-state index contributed by atoms with van der Waals surface area (Å²) in [4.78, 5) is 6.41. The van der Waals surface area contributed by atoms with E-state index in [1.165, 1.54) is 0 Å². The molecule has 3 rings (SSSR count). The molecule has 4 atom stereocenters. The molecule has 0 spiro atoms. The van der Waals surface area contributed by atoms with Crippen LogP contribution in [0.2, 0.25) is 0 Å². The molecule has 3 heterocycles. The van der Waals surface area contributed by atoms with E-state index in [1.807, 2.05) is 0 Å². The van der Waals surface area contributed by atoms with Gasteiger partial charge in [0, 0.05) is 38.5 Å². The first-order valence-electron chi connectivity index (χ1n) is 7.73. The highest BCUT2D eigenvalue weighted by Crippen LogP contribution is 2.47. The monoisotopic (exact) mass is 321 g/mol. The second-order valence-corrected chi connectivity index (χ2v) is 6.16. The second kappa shape index (κ2) is 6.23. The van der Waals surface area contributed by atoms with Crippen LogP contribution in [0.15, 0.2) is 4.99 Å². The number of hydrogen-bond acceptors (Lipinski definition) is 3. The van der Waals surface area contributed by atoms with Crippen LogP contribution in [0.5, 0.6) is 0 Å². The zero-order chi connectivity index (χ0) is 15.7. The summed E-state index contributed by atoms with van der Waals surface area (Å²) in [6, 6.07) is 0. The number of rotatable bonds is 4. The van der Waals surface area contributed by atoms with Gasteiger partial charge in [-0.2, -0.15) is 13.2 Å². The van der Waals surface area contributed by atoms with Crippen molar-refractivity contribution in [3.05, 3.63) is 0 Å². The number of hydrogen-bond donors (Lipinski definition) is 1. The van der Waals surface area contributed by atoms with E-state index >= 15 is 0 Å². The van der Waals surface area contributed by atoms with Gasteiger partial charge in [0.25, 0.3) is 0 Å². The summed E-state index contributed by atoms with van der Waals surface area (Å²) in [7, 11) is 1.69.